The SMILES string of the molecule is CCCCN(C(=O)CSc1ccc(C)cc1)C1CCS(=O)(=O)C1. The van der Waals surface area contributed by atoms with Crippen LogP contribution in [0.4, 0.5) is 0 Å². The van der Waals surface area contributed by atoms with E-state index >= 15 is 0 Å². The number of carbonyl (C=O) groups is 1. The minimum atomic E-state index is -2.97. The molecular formula is C17H25NO3S2. The highest BCUT2D eigenvalue weighted by molar-refractivity contribution is 8.00. The highest BCUT2D eigenvalue weighted by Gasteiger charge is 2.34. The van der Waals surface area contributed by atoms with Crippen LogP contribution in [0.3, 0.4) is 0 Å². The van der Waals surface area contributed by atoms with Gasteiger partial charge in [-0.25, -0.2) is 8.42 Å². The fraction of sp³-hybridized carbons (Fsp3) is 0.588. The molecule has 6 heteroatoms. The Morgan fingerprint density at radius 3 is 2.57 bits per heavy atom. The summed E-state index contributed by atoms with van der Waals surface area (Å²) in [5.41, 5.74) is 1.20. The minimum Gasteiger partial charge on any atom is -0.338 e. The van der Waals surface area contributed by atoms with Crippen molar-refractivity contribution in [2.75, 3.05) is 23.8 Å². The van der Waals surface area contributed by atoms with E-state index in [0.29, 0.717) is 18.7 Å². The summed E-state index contributed by atoms with van der Waals surface area (Å²) in [6.45, 7) is 4.77. The number of hydrogen-bond donors (Lipinski definition) is 0. The van der Waals surface area contributed by atoms with Crippen LogP contribution < -0.4 is 0 Å². The van der Waals surface area contributed by atoms with Crippen molar-refractivity contribution in [3.63, 3.8) is 0 Å². The molecule has 128 valence electrons. The summed E-state index contributed by atoms with van der Waals surface area (Å²) in [5.74, 6) is 0.741. The third-order valence-electron chi connectivity index (χ3n) is 4.11. The summed E-state index contributed by atoms with van der Waals surface area (Å²) < 4.78 is 23.4. The van der Waals surface area contributed by atoms with Crippen LogP contribution in [0.2, 0.25) is 0 Å². The number of hydrogen-bond acceptors (Lipinski definition) is 4. The van der Waals surface area contributed by atoms with Gasteiger partial charge in [-0.1, -0.05) is 31.0 Å². The number of sulfone groups is 1. The Labute approximate surface area is 143 Å². The highest BCUT2D eigenvalue weighted by Crippen LogP contribution is 2.22. The molecule has 1 heterocycles. The molecule has 0 spiro atoms. The van der Waals surface area contributed by atoms with Gasteiger partial charge >= 0.3 is 0 Å². The minimum absolute atomic E-state index is 0.0473. The Bertz CT molecular complexity index is 626. The maximum Gasteiger partial charge on any atom is 0.233 e. The molecule has 1 saturated heterocycles. The molecule has 4 nitrogen and oxygen atoms in total. The predicted octanol–water partition coefficient (Wildman–Crippen LogP) is 2.90. The molecule has 1 aliphatic heterocycles. The van der Waals surface area contributed by atoms with Crippen LogP contribution in [-0.4, -0.2) is 49.1 Å². The monoisotopic (exact) mass is 355 g/mol. The van der Waals surface area contributed by atoms with Crippen LogP contribution in [0.1, 0.15) is 31.7 Å². The van der Waals surface area contributed by atoms with Crippen LogP contribution in [0.15, 0.2) is 29.2 Å². The first-order chi connectivity index (χ1) is 10.9. The third kappa shape index (κ3) is 5.53. The fourth-order valence-electron chi connectivity index (χ4n) is 2.72. The van der Waals surface area contributed by atoms with Gasteiger partial charge in [0.2, 0.25) is 5.91 Å². The molecule has 1 aromatic rings. The molecule has 1 unspecified atom stereocenters. The van der Waals surface area contributed by atoms with E-state index in [1.54, 1.807) is 4.90 Å². The van der Waals surface area contributed by atoms with Gasteiger partial charge in [-0.3, -0.25) is 4.79 Å². The molecule has 0 N–H and O–H groups in total. The van der Waals surface area contributed by atoms with Crippen LogP contribution in [0.25, 0.3) is 0 Å². The van der Waals surface area contributed by atoms with Gasteiger partial charge < -0.3 is 4.90 Å². The Balaban J connectivity index is 1.97. The van der Waals surface area contributed by atoms with Gasteiger partial charge in [0.15, 0.2) is 9.84 Å². The van der Waals surface area contributed by atoms with Crippen molar-refractivity contribution in [3.05, 3.63) is 29.8 Å². The maximum absolute atomic E-state index is 12.6. The molecular weight excluding hydrogens is 330 g/mol. The quantitative estimate of drug-likeness (QED) is 0.706. The lowest BCUT2D eigenvalue weighted by atomic mass is 10.2. The first-order valence-electron chi connectivity index (χ1n) is 8.10. The zero-order valence-corrected chi connectivity index (χ0v) is 15.5. The second kappa shape index (κ2) is 8.20. The standard InChI is InChI=1S/C17H25NO3S2/c1-3-4-10-18(15-9-11-23(20,21)13-15)17(19)12-22-16-7-5-14(2)6-8-16/h5-8,15H,3-4,9-13H2,1-2H3. The Morgan fingerprint density at radius 1 is 1.30 bits per heavy atom. The summed E-state index contributed by atoms with van der Waals surface area (Å²) in [6.07, 6.45) is 2.48. The lowest BCUT2D eigenvalue weighted by Gasteiger charge is -2.28. The van der Waals surface area contributed by atoms with Gasteiger partial charge in [0.05, 0.1) is 17.3 Å². The summed E-state index contributed by atoms with van der Waals surface area (Å²) in [5, 5.41) is 0. The van der Waals surface area contributed by atoms with E-state index in [4.69, 9.17) is 0 Å². The molecule has 2 rings (SSSR count). The van der Waals surface area contributed by atoms with Crippen LogP contribution in [0, 0.1) is 6.92 Å². The zero-order chi connectivity index (χ0) is 16.9. The Hall–Kier alpha value is -1.01. The average molecular weight is 356 g/mol. The molecule has 1 aliphatic rings. The Morgan fingerprint density at radius 2 is 2.00 bits per heavy atom. The van der Waals surface area contributed by atoms with Crippen molar-refractivity contribution in [2.45, 2.75) is 44.0 Å². The Kier molecular flexibility index (Phi) is 6.53. The van der Waals surface area contributed by atoms with E-state index in [2.05, 4.69) is 6.92 Å². The molecule has 23 heavy (non-hydrogen) atoms. The lowest BCUT2D eigenvalue weighted by Crippen LogP contribution is -2.42. The van der Waals surface area contributed by atoms with Gasteiger partial charge in [0.25, 0.3) is 0 Å². The molecule has 1 fully saturated rings. The predicted molar refractivity (Wildman–Crippen MR) is 95.6 cm³/mol. The van der Waals surface area contributed by atoms with Crippen LogP contribution in [0.5, 0.6) is 0 Å². The number of thioether (sulfide) groups is 1. The first-order valence-corrected chi connectivity index (χ1v) is 10.9. The van der Waals surface area contributed by atoms with E-state index < -0.39 is 9.84 Å². The largest absolute Gasteiger partial charge is 0.338 e. The molecule has 1 atom stereocenters. The van der Waals surface area contributed by atoms with Crippen molar-refractivity contribution in [1.29, 1.82) is 0 Å². The summed E-state index contributed by atoms with van der Waals surface area (Å²) in [6, 6.07) is 7.96. The number of rotatable bonds is 7. The van der Waals surface area contributed by atoms with Crippen molar-refractivity contribution in [1.82, 2.24) is 4.90 Å². The molecule has 0 aliphatic carbocycles. The smallest absolute Gasteiger partial charge is 0.233 e. The number of unbranched alkanes of at least 4 members (excludes halogenated alkanes) is 1. The highest BCUT2D eigenvalue weighted by atomic mass is 32.2. The van der Waals surface area contributed by atoms with Gasteiger partial charge in [-0.2, -0.15) is 0 Å². The van der Waals surface area contributed by atoms with Gasteiger partial charge in [-0.15, -0.1) is 11.8 Å². The van der Waals surface area contributed by atoms with Crippen molar-refractivity contribution in [2.24, 2.45) is 0 Å². The third-order valence-corrected chi connectivity index (χ3v) is 6.85. The molecule has 0 radical (unpaired) electrons. The van der Waals surface area contributed by atoms with E-state index in [-0.39, 0.29) is 23.5 Å². The fourth-order valence-corrected chi connectivity index (χ4v) is 5.24. The number of aryl methyl sites for hydroxylation is 1. The summed E-state index contributed by atoms with van der Waals surface area (Å²) in [7, 11) is -2.97. The van der Waals surface area contributed by atoms with Crippen LogP contribution >= 0.6 is 11.8 Å². The number of carbonyl (C=O) groups excluding carboxylic acids is 1. The van der Waals surface area contributed by atoms with Crippen LogP contribution in [-0.2, 0) is 14.6 Å². The second-order valence-electron chi connectivity index (χ2n) is 6.10. The molecule has 0 aromatic heterocycles. The molecule has 0 bridgehead atoms. The number of amides is 1. The number of benzene rings is 1. The summed E-state index contributed by atoms with van der Waals surface area (Å²) >= 11 is 1.52. The van der Waals surface area contributed by atoms with Crippen molar-refractivity contribution in [3.8, 4) is 0 Å². The molecule has 0 saturated carbocycles. The number of nitrogens with zero attached hydrogens (tertiary/aromatic N) is 1. The topological polar surface area (TPSA) is 54.5 Å². The normalized spacial score (nSPS) is 19.7. The van der Waals surface area contributed by atoms with Gasteiger partial charge in [0, 0.05) is 17.5 Å². The van der Waals surface area contributed by atoms with E-state index in [0.717, 1.165) is 17.7 Å². The molecule has 1 amide bonds. The summed E-state index contributed by atoms with van der Waals surface area (Å²) in [4.78, 5) is 15.5. The van der Waals surface area contributed by atoms with E-state index in [9.17, 15) is 13.2 Å². The van der Waals surface area contributed by atoms with Gasteiger partial charge in [0.1, 0.15) is 0 Å². The van der Waals surface area contributed by atoms with Gasteiger partial charge in [-0.05, 0) is 31.9 Å². The van der Waals surface area contributed by atoms with E-state index in [1.165, 1.54) is 17.3 Å². The first kappa shape index (κ1) is 18.3. The second-order valence-corrected chi connectivity index (χ2v) is 9.38. The van der Waals surface area contributed by atoms with E-state index in [1.807, 2.05) is 31.2 Å². The lowest BCUT2D eigenvalue weighted by molar-refractivity contribution is -0.130. The maximum atomic E-state index is 12.6. The van der Waals surface area contributed by atoms with Crippen molar-refractivity contribution >= 4 is 27.5 Å². The van der Waals surface area contributed by atoms with Crippen molar-refractivity contribution < 1.29 is 13.2 Å². The average Bonchev–Trinajstić information content (AvgIpc) is 2.87. The molecule has 1 aromatic carbocycles. The zero-order valence-electron chi connectivity index (χ0n) is 13.8.